The van der Waals surface area contributed by atoms with Gasteiger partial charge >= 0.3 is 0 Å². The van der Waals surface area contributed by atoms with Gasteiger partial charge in [0.1, 0.15) is 0 Å². The van der Waals surface area contributed by atoms with Crippen molar-refractivity contribution in [3.8, 4) is 11.1 Å². The maximum absolute atomic E-state index is 12.7. The monoisotopic (exact) mass is 361 g/mol. The van der Waals surface area contributed by atoms with E-state index in [0.29, 0.717) is 12.3 Å². The first kappa shape index (κ1) is 16.5. The number of amides is 1. The summed E-state index contributed by atoms with van der Waals surface area (Å²) in [5.74, 6) is 0.677. The number of rotatable bonds is 3. The molecule has 0 radical (unpaired) electrons. The molecule has 0 spiro atoms. The van der Waals surface area contributed by atoms with Crippen LogP contribution in [0.15, 0.2) is 36.5 Å². The molecule has 1 N–H and O–H groups in total. The van der Waals surface area contributed by atoms with Crippen molar-refractivity contribution in [2.75, 3.05) is 24.7 Å². The summed E-state index contributed by atoms with van der Waals surface area (Å²) in [4.78, 5) is 22.6. The summed E-state index contributed by atoms with van der Waals surface area (Å²) in [5.41, 5.74) is 6.24. The number of fused-ring (bicyclic) bond motifs is 2. The summed E-state index contributed by atoms with van der Waals surface area (Å²) in [5, 5.41) is 1.18. The van der Waals surface area contributed by atoms with Gasteiger partial charge in [0.05, 0.1) is 17.8 Å². The molecule has 2 aliphatic heterocycles. The van der Waals surface area contributed by atoms with Crippen LogP contribution in [0, 0.1) is 12.8 Å². The third kappa shape index (κ3) is 2.92. The number of nitrogens with one attached hydrogen (secondary N) is 1. The van der Waals surface area contributed by atoms with Crippen LogP contribution in [0.2, 0.25) is 0 Å². The van der Waals surface area contributed by atoms with Crippen molar-refractivity contribution >= 4 is 22.5 Å². The number of carbonyl (C=O) groups excluding carboxylic acids is 1. The predicted octanol–water partition coefficient (Wildman–Crippen LogP) is 3.85. The minimum absolute atomic E-state index is 0.168. The van der Waals surface area contributed by atoms with Crippen LogP contribution in [0.25, 0.3) is 22.0 Å². The Bertz CT molecular complexity index is 1020. The van der Waals surface area contributed by atoms with Gasteiger partial charge in [-0.1, -0.05) is 6.07 Å². The summed E-state index contributed by atoms with van der Waals surface area (Å²) in [6.07, 6.45) is 4.41. The van der Waals surface area contributed by atoms with Crippen LogP contribution in [0.5, 0.6) is 0 Å². The number of nitrogens with zero attached hydrogens (tertiary/aromatic N) is 2. The number of aromatic nitrogens is 2. The van der Waals surface area contributed by atoms with Crippen molar-refractivity contribution < 1.29 is 9.53 Å². The van der Waals surface area contributed by atoms with Crippen LogP contribution >= 0.6 is 0 Å². The molecule has 1 saturated heterocycles. The van der Waals surface area contributed by atoms with Crippen molar-refractivity contribution in [2.45, 2.75) is 26.2 Å². The van der Waals surface area contributed by atoms with Crippen LogP contribution in [0.3, 0.4) is 0 Å². The van der Waals surface area contributed by atoms with Gasteiger partial charge < -0.3 is 14.6 Å². The minimum Gasteiger partial charge on any atom is -0.381 e. The molecular formula is C22H23N3O2. The Morgan fingerprint density at radius 3 is 2.93 bits per heavy atom. The fourth-order valence-electron chi connectivity index (χ4n) is 4.28. The van der Waals surface area contributed by atoms with Crippen molar-refractivity contribution in [3.05, 3.63) is 47.9 Å². The number of anilines is 1. The molecule has 138 valence electrons. The first-order valence-electron chi connectivity index (χ1n) is 9.65. The molecule has 1 fully saturated rings. The Morgan fingerprint density at radius 2 is 2.07 bits per heavy atom. The van der Waals surface area contributed by atoms with Crippen LogP contribution in [-0.4, -0.2) is 35.6 Å². The van der Waals surface area contributed by atoms with Gasteiger partial charge in [-0.25, -0.2) is 0 Å². The summed E-state index contributed by atoms with van der Waals surface area (Å²) in [7, 11) is 0. The smallest absolute Gasteiger partial charge is 0.233 e. The van der Waals surface area contributed by atoms with E-state index < -0.39 is 0 Å². The average Bonchev–Trinajstić information content (AvgIpc) is 3.26. The fourth-order valence-corrected chi connectivity index (χ4v) is 4.28. The molecule has 2 aromatic heterocycles. The fraction of sp³-hybridized carbons (Fsp3) is 0.364. The predicted molar refractivity (Wildman–Crippen MR) is 106 cm³/mol. The highest BCUT2D eigenvalue weighted by atomic mass is 16.5. The average molecular weight is 361 g/mol. The number of benzene rings is 1. The third-order valence-electron chi connectivity index (χ3n) is 5.83. The number of aromatic amines is 1. The van der Waals surface area contributed by atoms with Crippen LogP contribution < -0.4 is 4.90 Å². The Labute approximate surface area is 158 Å². The molecule has 1 amide bonds. The van der Waals surface area contributed by atoms with Crippen molar-refractivity contribution in [1.82, 2.24) is 9.97 Å². The van der Waals surface area contributed by atoms with Gasteiger partial charge in [0.25, 0.3) is 0 Å². The van der Waals surface area contributed by atoms with E-state index in [9.17, 15) is 4.79 Å². The van der Waals surface area contributed by atoms with E-state index in [-0.39, 0.29) is 5.91 Å². The van der Waals surface area contributed by atoms with Crippen molar-refractivity contribution in [3.63, 3.8) is 0 Å². The lowest BCUT2D eigenvalue weighted by molar-refractivity contribution is -0.117. The molecule has 5 rings (SSSR count). The number of aryl methyl sites for hydroxylation is 1. The number of ether oxygens (including phenoxy) is 1. The molecule has 4 heterocycles. The van der Waals surface area contributed by atoms with E-state index >= 15 is 0 Å². The van der Waals surface area contributed by atoms with Crippen molar-refractivity contribution in [2.24, 2.45) is 5.92 Å². The zero-order valence-electron chi connectivity index (χ0n) is 15.5. The Kier molecular flexibility index (Phi) is 3.97. The highest BCUT2D eigenvalue weighted by Gasteiger charge is 2.31. The van der Waals surface area contributed by atoms with Crippen molar-refractivity contribution in [1.29, 1.82) is 0 Å². The van der Waals surface area contributed by atoms with E-state index in [0.717, 1.165) is 66.3 Å². The zero-order chi connectivity index (χ0) is 18.4. The number of H-pyrrole nitrogens is 1. The third-order valence-corrected chi connectivity index (χ3v) is 5.83. The molecule has 0 atom stereocenters. The maximum atomic E-state index is 12.7. The van der Waals surface area contributed by atoms with Gasteiger partial charge in [-0.3, -0.25) is 9.78 Å². The second-order valence-corrected chi connectivity index (χ2v) is 7.60. The van der Waals surface area contributed by atoms with Gasteiger partial charge in [-0.05, 0) is 60.9 Å². The number of hydrogen-bond donors (Lipinski definition) is 1. The molecule has 27 heavy (non-hydrogen) atoms. The Hall–Kier alpha value is -2.66. The van der Waals surface area contributed by atoms with Gasteiger partial charge in [-0.15, -0.1) is 0 Å². The van der Waals surface area contributed by atoms with E-state index in [4.69, 9.17) is 9.72 Å². The first-order valence-corrected chi connectivity index (χ1v) is 9.65. The van der Waals surface area contributed by atoms with Gasteiger partial charge in [0.15, 0.2) is 0 Å². The molecule has 0 bridgehead atoms. The summed E-state index contributed by atoms with van der Waals surface area (Å²) in [6, 6.07) is 10.6. The molecule has 5 heteroatoms. The van der Waals surface area contributed by atoms with Gasteiger partial charge in [0, 0.05) is 42.7 Å². The normalized spacial score (nSPS) is 17.7. The summed E-state index contributed by atoms with van der Waals surface area (Å²) >= 11 is 0. The van der Waals surface area contributed by atoms with Gasteiger partial charge in [-0.2, -0.15) is 0 Å². The van der Waals surface area contributed by atoms with E-state index in [1.807, 2.05) is 18.0 Å². The lowest BCUT2D eigenvalue weighted by Crippen LogP contribution is -2.34. The highest BCUT2D eigenvalue weighted by Crippen LogP contribution is 2.35. The maximum Gasteiger partial charge on any atom is 0.233 e. The summed E-state index contributed by atoms with van der Waals surface area (Å²) in [6.45, 7) is 4.40. The van der Waals surface area contributed by atoms with Crippen LogP contribution in [0.4, 0.5) is 5.69 Å². The first-order chi connectivity index (χ1) is 13.2. The van der Waals surface area contributed by atoms with E-state index in [1.165, 1.54) is 5.39 Å². The van der Waals surface area contributed by atoms with Gasteiger partial charge in [0.2, 0.25) is 5.91 Å². The lowest BCUT2D eigenvalue weighted by atomic mass is 9.99. The molecule has 1 aromatic carbocycles. The quantitative estimate of drug-likeness (QED) is 0.771. The van der Waals surface area contributed by atoms with Crippen LogP contribution in [0.1, 0.15) is 24.2 Å². The molecular weight excluding hydrogens is 338 g/mol. The molecule has 2 aliphatic rings. The number of pyridine rings is 1. The van der Waals surface area contributed by atoms with Crippen LogP contribution in [-0.2, 0) is 16.0 Å². The Morgan fingerprint density at radius 1 is 1.22 bits per heavy atom. The molecule has 5 nitrogen and oxygen atoms in total. The molecule has 0 aliphatic carbocycles. The molecule has 0 saturated carbocycles. The SMILES string of the molecule is Cc1nc2c(cc1-c1ccc3[nH]ccc3c1)N(CC1CCOCC1)C(=O)C2. The molecule has 3 aromatic rings. The second kappa shape index (κ2) is 6.50. The molecule has 0 unspecified atom stereocenters. The largest absolute Gasteiger partial charge is 0.381 e. The number of hydrogen-bond acceptors (Lipinski definition) is 3. The highest BCUT2D eigenvalue weighted by molar-refractivity contribution is 6.01. The van der Waals surface area contributed by atoms with E-state index in [2.05, 4.69) is 35.3 Å². The lowest BCUT2D eigenvalue weighted by Gasteiger charge is -2.27. The second-order valence-electron chi connectivity index (χ2n) is 7.60. The minimum atomic E-state index is 0.168. The van der Waals surface area contributed by atoms with E-state index in [1.54, 1.807) is 0 Å². The topological polar surface area (TPSA) is 58.2 Å². The zero-order valence-corrected chi connectivity index (χ0v) is 15.5. The number of carbonyl (C=O) groups is 1. The standard InChI is InChI=1S/C22H23N3O2/c1-14-18(16-2-3-19-17(10-16)4-7-23-19)11-21-20(24-14)12-22(26)25(21)13-15-5-8-27-9-6-15/h2-4,7,10-11,15,23H,5-6,8-9,12-13H2,1H3. The summed E-state index contributed by atoms with van der Waals surface area (Å²) < 4.78 is 5.46. The Balaban J connectivity index is 1.52.